The lowest BCUT2D eigenvalue weighted by Gasteiger charge is -2.33. The van der Waals surface area contributed by atoms with E-state index in [4.69, 9.17) is 5.73 Å². The van der Waals surface area contributed by atoms with Gasteiger partial charge in [-0.05, 0) is 37.1 Å². The van der Waals surface area contributed by atoms with Crippen LogP contribution in [0.4, 0.5) is 16.2 Å². The van der Waals surface area contributed by atoms with E-state index in [1.165, 1.54) is 12.8 Å². The van der Waals surface area contributed by atoms with Gasteiger partial charge in [-0.1, -0.05) is 12.8 Å². The minimum absolute atomic E-state index is 0.00714. The van der Waals surface area contributed by atoms with Crippen LogP contribution in [0.5, 0.6) is 0 Å². The normalized spacial score (nSPS) is 22.1. The largest absolute Gasteiger partial charge is 0.399 e. The average Bonchev–Trinajstić information content (AvgIpc) is 2.91. The Kier molecular flexibility index (Phi) is 2.24. The average molecular weight is 231 g/mol. The van der Waals surface area contributed by atoms with Crippen LogP contribution in [0, 0.1) is 0 Å². The standard InChI is InChI=1S/C13H17N3O/c14-10-3-5-11(6-4-10)16-12(17)15-9-13(16)7-1-2-8-13/h3-6H,1-2,7-9,14H2,(H,15,17). The van der Waals surface area contributed by atoms with E-state index in [0.29, 0.717) is 0 Å². The molecule has 1 spiro atoms. The van der Waals surface area contributed by atoms with Gasteiger partial charge in [0.15, 0.2) is 0 Å². The van der Waals surface area contributed by atoms with Gasteiger partial charge in [-0.3, -0.25) is 4.90 Å². The van der Waals surface area contributed by atoms with Crippen molar-refractivity contribution in [2.45, 2.75) is 31.2 Å². The fraction of sp³-hybridized carbons (Fsp3) is 0.462. The molecule has 1 saturated carbocycles. The Bertz CT molecular complexity index is 434. The molecule has 4 heteroatoms. The Labute approximate surface area is 101 Å². The zero-order valence-corrected chi connectivity index (χ0v) is 9.78. The summed E-state index contributed by atoms with van der Waals surface area (Å²) in [6.45, 7) is 0.774. The SMILES string of the molecule is Nc1ccc(N2C(=O)NCC23CCCC3)cc1. The van der Waals surface area contributed by atoms with Crippen LogP contribution in [0.2, 0.25) is 0 Å². The van der Waals surface area contributed by atoms with Crippen molar-refractivity contribution in [1.82, 2.24) is 5.32 Å². The molecule has 1 aliphatic heterocycles. The first-order chi connectivity index (χ1) is 8.21. The van der Waals surface area contributed by atoms with Crippen LogP contribution >= 0.6 is 0 Å². The smallest absolute Gasteiger partial charge is 0.322 e. The summed E-state index contributed by atoms with van der Waals surface area (Å²) in [6.07, 6.45) is 4.60. The van der Waals surface area contributed by atoms with Crippen molar-refractivity contribution in [2.75, 3.05) is 17.2 Å². The second kappa shape index (κ2) is 3.65. The van der Waals surface area contributed by atoms with Gasteiger partial charge in [0, 0.05) is 17.9 Å². The maximum absolute atomic E-state index is 12.0. The molecule has 1 saturated heterocycles. The number of hydrogen-bond acceptors (Lipinski definition) is 2. The third kappa shape index (κ3) is 1.55. The molecule has 0 aromatic heterocycles. The molecule has 2 fully saturated rings. The lowest BCUT2D eigenvalue weighted by atomic mass is 9.96. The number of urea groups is 1. The monoisotopic (exact) mass is 231 g/mol. The highest BCUT2D eigenvalue weighted by Gasteiger charge is 2.47. The van der Waals surface area contributed by atoms with E-state index >= 15 is 0 Å². The molecule has 0 unspecified atom stereocenters. The van der Waals surface area contributed by atoms with Gasteiger partial charge in [-0.25, -0.2) is 4.79 Å². The second-order valence-electron chi connectivity index (χ2n) is 5.02. The Morgan fingerprint density at radius 2 is 1.82 bits per heavy atom. The number of hydrogen-bond donors (Lipinski definition) is 2. The first-order valence-electron chi connectivity index (χ1n) is 6.15. The minimum atomic E-state index is 0.00714. The van der Waals surface area contributed by atoms with Crippen LogP contribution in [0.15, 0.2) is 24.3 Å². The number of rotatable bonds is 1. The fourth-order valence-electron chi connectivity index (χ4n) is 3.06. The molecule has 3 rings (SSSR count). The molecule has 2 amide bonds. The number of carbonyl (C=O) groups excluding carboxylic acids is 1. The van der Waals surface area contributed by atoms with E-state index in [2.05, 4.69) is 5.32 Å². The predicted molar refractivity (Wildman–Crippen MR) is 67.9 cm³/mol. The summed E-state index contributed by atoms with van der Waals surface area (Å²) < 4.78 is 0. The van der Waals surface area contributed by atoms with Crippen molar-refractivity contribution < 1.29 is 4.79 Å². The van der Waals surface area contributed by atoms with Crippen molar-refractivity contribution in [2.24, 2.45) is 0 Å². The molecule has 1 aliphatic carbocycles. The Morgan fingerprint density at radius 1 is 1.18 bits per heavy atom. The van der Waals surface area contributed by atoms with Gasteiger partial charge in [0.05, 0.1) is 5.54 Å². The van der Waals surface area contributed by atoms with Crippen LogP contribution in [-0.4, -0.2) is 18.1 Å². The number of nitrogens with one attached hydrogen (secondary N) is 1. The summed E-state index contributed by atoms with van der Waals surface area (Å²) in [5.74, 6) is 0. The number of nitrogen functional groups attached to an aromatic ring is 1. The topological polar surface area (TPSA) is 58.4 Å². The van der Waals surface area contributed by atoms with Crippen LogP contribution in [0.1, 0.15) is 25.7 Å². The molecule has 2 aliphatic rings. The molecule has 1 heterocycles. The van der Waals surface area contributed by atoms with E-state index in [-0.39, 0.29) is 11.6 Å². The third-order valence-electron chi connectivity index (χ3n) is 3.93. The van der Waals surface area contributed by atoms with Crippen molar-refractivity contribution in [1.29, 1.82) is 0 Å². The molecule has 0 bridgehead atoms. The summed E-state index contributed by atoms with van der Waals surface area (Å²) in [7, 11) is 0. The minimum Gasteiger partial charge on any atom is -0.399 e. The number of nitrogens with two attached hydrogens (primary N) is 1. The van der Waals surface area contributed by atoms with E-state index in [1.807, 2.05) is 29.2 Å². The number of anilines is 2. The molecular formula is C13H17N3O. The first-order valence-corrected chi connectivity index (χ1v) is 6.15. The summed E-state index contributed by atoms with van der Waals surface area (Å²) >= 11 is 0. The van der Waals surface area contributed by atoms with Gasteiger partial charge >= 0.3 is 6.03 Å². The zero-order chi connectivity index (χ0) is 11.9. The molecule has 0 radical (unpaired) electrons. The van der Waals surface area contributed by atoms with Crippen LogP contribution in [0.25, 0.3) is 0 Å². The second-order valence-corrected chi connectivity index (χ2v) is 5.02. The van der Waals surface area contributed by atoms with Crippen molar-refractivity contribution in [3.05, 3.63) is 24.3 Å². The van der Waals surface area contributed by atoms with E-state index in [9.17, 15) is 4.79 Å². The summed E-state index contributed by atoms with van der Waals surface area (Å²) in [5.41, 5.74) is 7.38. The maximum Gasteiger partial charge on any atom is 0.322 e. The van der Waals surface area contributed by atoms with Crippen molar-refractivity contribution in [3.8, 4) is 0 Å². The van der Waals surface area contributed by atoms with E-state index in [1.54, 1.807) is 0 Å². The van der Waals surface area contributed by atoms with Crippen LogP contribution in [0.3, 0.4) is 0 Å². The summed E-state index contributed by atoms with van der Waals surface area (Å²) in [4.78, 5) is 13.9. The maximum atomic E-state index is 12.0. The predicted octanol–water partition coefficient (Wildman–Crippen LogP) is 2.11. The lowest BCUT2D eigenvalue weighted by molar-refractivity contribution is 0.250. The zero-order valence-electron chi connectivity index (χ0n) is 9.78. The number of carbonyl (C=O) groups is 1. The highest BCUT2D eigenvalue weighted by Crippen LogP contribution is 2.40. The van der Waals surface area contributed by atoms with Gasteiger partial charge in [0.1, 0.15) is 0 Å². The fourth-order valence-corrected chi connectivity index (χ4v) is 3.06. The quantitative estimate of drug-likeness (QED) is 0.727. The van der Waals surface area contributed by atoms with Gasteiger partial charge in [-0.2, -0.15) is 0 Å². The molecule has 17 heavy (non-hydrogen) atoms. The Hall–Kier alpha value is -1.71. The molecule has 1 aromatic rings. The van der Waals surface area contributed by atoms with Crippen LogP contribution < -0.4 is 16.0 Å². The lowest BCUT2D eigenvalue weighted by Crippen LogP contribution is -2.45. The van der Waals surface area contributed by atoms with Gasteiger partial charge in [0.25, 0.3) is 0 Å². The van der Waals surface area contributed by atoms with Crippen LogP contribution in [-0.2, 0) is 0 Å². The van der Waals surface area contributed by atoms with Gasteiger partial charge < -0.3 is 11.1 Å². The molecule has 3 N–H and O–H groups in total. The molecule has 0 atom stereocenters. The summed E-state index contributed by atoms with van der Waals surface area (Å²) in [5, 5.41) is 2.97. The molecular weight excluding hydrogens is 214 g/mol. The van der Waals surface area contributed by atoms with Crippen molar-refractivity contribution >= 4 is 17.4 Å². The van der Waals surface area contributed by atoms with Crippen molar-refractivity contribution in [3.63, 3.8) is 0 Å². The van der Waals surface area contributed by atoms with E-state index < -0.39 is 0 Å². The number of nitrogens with zero attached hydrogens (tertiary/aromatic N) is 1. The summed E-state index contributed by atoms with van der Waals surface area (Å²) in [6, 6.07) is 7.59. The Balaban J connectivity index is 1.98. The first kappa shape index (κ1) is 10.4. The van der Waals surface area contributed by atoms with Gasteiger partial charge in [0.2, 0.25) is 0 Å². The molecule has 1 aromatic carbocycles. The number of amides is 2. The molecule has 90 valence electrons. The van der Waals surface area contributed by atoms with E-state index in [0.717, 1.165) is 30.8 Å². The Morgan fingerprint density at radius 3 is 2.47 bits per heavy atom. The highest BCUT2D eigenvalue weighted by molar-refractivity contribution is 5.96. The number of benzene rings is 1. The third-order valence-corrected chi connectivity index (χ3v) is 3.93. The molecule has 4 nitrogen and oxygen atoms in total. The highest BCUT2D eigenvalue weighted by atomic mass is 16.2. The van der Waals surface area contributed by atoms with Gasteiger partial charge in [-0.15, -0.1) is 0 Å².